The maximum absolute atomic E-state index is 11.9. The zero-order chi connectivity index (χ0) is 18.7. The molecule has 0 aliphatic heterocycles. The molecule has 2 amide bonds. The molecule has 0 saturated carbocycles. The number of rotatable bonds is 11. The van der Waals surface area contributed by atoms with Crippen molar-refractivity contribution in [2.45, 2.75) is 19.3 Å². The van der Waals surface area contributed by atoms with Gasteiger partial charge in [0, 0.05) is 32.1 Å². The van der Waals surface area contributed by atoms with Crippen LogP contribution in [0.5, 0.6) is 0 Å². The summed E-state index contributed by atoms with van der Waals surface area (Å²) in [6.07, 6.45) is 2.00. The summed E-state index contributed by atoms with van der Waals surface area (Å²) in [7, 11) is 1.66. The fourth-order valence-corrected chi connectivity index (χ4v) is 2.00. The molecule has 2 N–H and O–H groups in total. The second-order valence-corrected chi connectivity index (χ2v) is 5.40. The number of ether oxygens (including phenoxy) is 1. The minimum absolute atomic E-state index is 0.0326. The van der Waals surface area contributed by atoms with E-state index in [4.69, 9.17) is 9.84 Å². The van der Waals surface area contributed by atoms with E-state index >= 15 is 0 Å². The number of hydrogen-bond acceptors (Lipinski definition) is 5. The zero-order valence-electron chi connectivity index (χ0n) is 14.1. The Morgan fingerprint density at radius 1 is 1.20 bits per heavy atom. The molecule has 0 atom stereocenters. The van der Waals surface area contributed by atoms with E-state index in [0.717, 1.165) is 11.8 Å². The van der Waals surface area contributed by atoms with Crippen LogP contribution in [0.3, 0.4) is 0 Å². The van der Waals surface area contributed by atoms with Crippen LogP contribution in [0, 0.1) is 0 Å². The number of benzene rings is 1. The summed E-state index contributed by atoms with van der Waals surface area (Å²) >= 11 is 0. The van der Waals surface area contributed by atoms with Crippen molar-refractivity contribution in [2.75, 3.05) is 32.1 Å². The van der Waals surface area contributed by atoms with Crippen molar-refractivity contribution in [3.63, 3.8) is 0 Å². The number of carbonyl (C=O) groups is 4. The fourth-order valence-electron chi connectivity index (χ4n) is 2.00. The van der Waals surface area contributed by atoms with Gasteiger partial charge in [0.15, 0.2) is 0 Å². The van der Waals surface area contributed by atoms with Gasteiger partial charge in [-0.25, -0.2) is 4.79 Å². The maximum Gasteiger partial charge on any atom is 0.329 e. The SMILES string of the molecule is CN(CCC=O)C(=O)CCc1ccc(NC(=O)COCC(=O)O)cc1. The summed E-state index contributed by atoms with van der Waals surface area (Å²) in [6.45, 7) is -0.450. The average molecular weight is 350 g/mol. The lowest BCUT2D eigenvalue weighted by atomic mass is 10.1. The van der Waals surface area contributed by atoms with E-state index in [0.29, 0.717) is 31.5 Å². The number of carboxylic acid groups (broad SMARTS) is 1. The molecule has 1 rings (SSSR count). The highest BCUT2D eigenvalue weighted by atomic mass is 16.5. The topological polar surface area (TPSA) is 113 Å². The molecule has 0 radical (unpaired) electrons. The Morgan fingerprint density at radius 3 is 2.48 bits per heavy atom. The lowest BCUT2D eigenvalue weighted by Gasteiger charge is -2.15. The summed E-state index contributed by atoms with van der Waals surface area (Å²) in [5.41, 5.74) is 1.50. The largest absolute Gasteiger partial charge is 0.480 e. The van der Waals surface area contributed by atoms with Gasteiger partial charge in [-0.15, -0.1) is 0 Å². The van der Waals surface area contributed by atoms with Crippen molar-refractivity contribution in [2.24, 2.45) is 0 Å². The van der Waals surface area contributed by atoms with E-state index in [-0.39, 0.29) is 12.5 Å². The van der Waals surface area contributed by atoms with Crippen LogP contribution in [-0.4, -0.2) is 60.9 Å². The van der Waals surface area contributed by atoms with E-state index < -0.39 is 18.5 Å². The van der Waals surface area contributed by atoms with Gasteiger partial charge in [0.25, 0.3) is 0 Å². The molecule has 0 unspecified atom stereocenters. The van der Waals surface area contributed by atoms with E-state index in [1.54, 1.807) is 31.3 Å². The van der Waals surface area contributed by atoms with Crippen molar-refractivity contribution in [3.8, 4) is 0 Å². The van der Waals surface area contributed by atoms with E-state index in [1.807, 2.05) is 0 Å². The van der Waals surface area contributed by atoms with Crippen molar-refractivity contribution < 1.29 is 29.0 Å². The molecular formula is C17H22N2O6. The lowest BCUT2D eigenvalue weighted by molar-refractivity contribution is -0.143. The van der Waals surface area contributed by atoms with Crippen LogP contribution in [0.4, 0.5) is 5.69 Å². The standard InChI is InChI=1S/C17H22N2O6/c1-19(9-2-10-20)16(22)8-5-13-3-6-14(7-4-13)18-15(21)11-25-12-17(23)24/h3-4,6-7,10H,2,5,8-9,11-12H2,1H3,(H,18,21)(H,23,24). The minimum Gasteiger partial charge on any atom is -0.480 e. The zero-order valence-corrected chi connectivity index (χ0v) is 14.1. The van der Waals surface area contributed by atoms with Crippen LogP contribution in [0.1, 0.15) is 18.4 Å². The number of anilines is 1. The molecule has 0 fully saturated rings. The van der Waals surface area contributed by atoms with Gasteiger partial charge in [0.05, 0.1) is 0 Å². The summed E-state index contributed by atoms with van der Waals surface area (Å²) in [5, 5.41) is 11.0. The number of carboxylic acids is 1. The van der Waals surface area contributed by atoms with Crippen LogP contribution in [-0.2, 0) is 30.3 Å². The van der Waals surface area contributed by atoms with Gasteiger partial charge in [0.2, 0.25) is 11.8 Å². The Balaban J connectivity index is 2.38. The van der Waals surface area contributed by atoms with Crippen molar-refractivity contribution in [1.29, 1.82) is 0 Å². The molecule has 8 nitrogen and oxygen atoms in total. The molecular weight excluding hydrogens is 328 g/mol. The van der Waals surface area contributed by atoms with E-state index in [9.17, 15) is 19.2 Å². The highest BCUT2D eigenvalue weighted by Crippen LogP contribution is 2.11. The molecule has 136 valence electrons. The molecule has 0 aliphatic rings. The Hall–Kier alpha value is -2.74. The first-order valence-electron chi connectivity index (χ1n) is 7.78. The highest BCUT2D eigenvalue weighted by Gasteiger charge is 2.09. The van der Waals surface area contributed by atoms with E-state index in [1.165, 1.54) is 4.90 Å². The van der Waals surface area contributed by atoms with Crippen LogP contribution in [0.15, 0.2) is 24.3 Å². The number of aldehydes is 1. The normalized spacial score (nSPS) is 10.1. The summed E-state index contributed by atoms with van der Waals surface area (Å²) < 4.78 is 4.69. The lowest BCUT2D eigenvalue weighted by Crippen LogP contribution is -2.28. The van der Waals surface area contributed by atoms with Gasteiger partial charge in [-0.05, 0) is 24.1 Å². The van der Waals surface area contributed by atoms with Gasteiger partial charge in [0.1, 0.15) is 19.5 Å². The molecule has 0 aliphatic carbocycles. The molecule has 0 saturated heterocycles. The average Bonchev–Trinajstić information content (AvgIpc) is 2.58. The molecule has 1 aromatic rings. The Kier molecular flexibility index (Phi) is 8.87. The van der Waals surface area contributed by atoms with Crippen LogP contribution < -0.4 is 5.32 Å². The molecule has 0 aromatic heterocycles. The number of aryl methyl sites for hydroxylation is 1. The second kappa shape index (κ2) is 10.9. The van der Waals surface area contributed by atoms with Gasteiger partial charge in [-0.3, -0.25) is 9.59 Å². The first-order chi connectivity index (χ1) is 11.9. The smallest absolute Gasteiger partial charge is 0.329 e. The molecule has 25 heavy (non-hydrogen) atoms. The predicted molar refractivity (Wildman–Crippen MR) is 90.2 cm³/mol. The number of hydrogen-bond donors (Lipinski definition) is 2. The molecule has 0 bridgehead atoms. The maximum atomic E-state index is 11.9. The molecule has 0 heterocycles. The molecule has 1 aromatic carbocycles. The third-order valence-electron chi connectivity index (χ3n) is 3.33. The number of aliphatic carboxylic acids is 1. The Labute approximate surface area is 145 Å². The first kappa shape index (κ1) is 20.3. The van der Waals surface area contributed by atoms with Gasteiger partial charge in [-0.1, -0.05) is 12.1 Å². The number of nitrogens with zero attached hydrogens (tertiary/aromatic N) is 1. The van der Waals surface area contributed by atoms with E-state index in [2.05, 4.69) is 5.32 Å². The predicted octanol–water partition coefficient (Wildman–Crippen LogP) is 0.706. The van der Waals surface area contributed by atoms with Crippen molar-refractivity contribution in [3.05, 3.63) is 29.8 Å². The summed E-state index contributed by atoms with van der Waals surface area (Å²) in [6, 6.07) is 6.99. The van der Waals surface area contributed by atoms with Crippen molar-refractivity contribution >= 4 is 29.8 Å². The number of nitrogens with one attached hydrogen (secondary N) is 1. The van der Waals surface area contributed by atoms with Gasteiger partial charge >= 0.3 is 5.97 Å². The highest BCUT2D eigenvalue weighted by molar-refractivity contribution is 5.91. The number of amides is 2. The van der Waals surface area contributed by atoms with Crippen LogP contribution >= 0.6 is 0 Å². The Morgan fingerprint density at radius 2 is 1.88 bits per heavy atom. The first-order valence-corrected chi connectivity index (χ1v) is 7.78. The van der Waals surface area contributed by atoms with Crippen LogP contribution in [0.25, 0.3) is 0 Å². The summed E-state index contributed by atoms with van der Waals surface area (Å²) in [5.74, 6) is -1.61. The summed E-state index contributed by atoms with van der Waals surface area (Å²) in [4.78, 5) is 45.5. The molecule has 8 heteroatoms. The van der Waals surface area contributed by atoms with Gasteiger partial charge in [-0.2, -0.15) is 0 Å². The fraction of sp³-hybridized carbons (Fsp3) is 0.412. The van der Waals surface area contributed by atoms with Crippen molar-refractivity contribution in [1.82, 2.24) is 4.90 Å². The molecule has 0 spiro atoms. The number of carbonyl (C=O) groups excluding carboxylic acids is 3. The second-order valence-electron chi connectivity index (χ2n) is 5.40. The third kappa shape index (κ3) is 8.61. The minimum atomic E-state index is -1.14. The quantitative estimate of drug-likeness (QED) is 0.568. The van der Waals surface area contributed by atoms with Gasteiger partial charge < -0.3 is 24.9 Å². The van der Waals surface area contributed by atoms with Crippen LogP contribution in [0.2, 0.25) is 0 Å². The Bertz CT molecular complexity index is 600. The monoisotopic (exact) mass is 350 g/mol. The third-order valence-corrected chi connectivity index (χ3v) is 3.33.